The predicted molar refractivity (Wildman–Crippen MR) is 390 cm³/mol. The van der Waals surface area contributed by atoms with E-state index in [9.17, 15) is 43.2 Å². The van der Waals surface area contributed by atoms with Gasteiger partial charge in [-0.05, 0) is 69.1 Å². The van der Waals surface area contributed by atoms with E-state index in [0.29, 0.717) is 25.7 Å². The zero-order chi connectivity index (χ0) is 70.9. The zero-order valence-corrected chi connectivity index (χ0v) is 64.1. The average molecular weight is 1410 g/mol. The van der Waals surface area contributed by atoms with Crippen molar-refractivity contribution in [1.82, 2.24) is 0 Å². The van der Waals surface area contributed by atoms with E-state index in [0.717, 1.165) is 133 Å². The number of aliphatic hydroxyl groups is 1. The summed E-state index contributed by atoms with van der Waals surface area (Å²) in [7, 11) is -9.93. The molecule has 0 saturated carbocycles. The Morgan fingerprint density at radius 2 is 0.615 bits per heavy atom. The Kier molecular flexibility index (Phi) is 65.3. The van der Waals surface area contributed by atoms with Gasteiger partial charge < -0.3 is 33.8 Å². The third-order valence-corrected chi connectivity index (χ3v) is 19.5. The molecule has 0 heterocycles. The summed E-state index contributed by atoms with van der Waals surface area (Å²) in [6, 6.07) is 0. The molecule has 566 valence electrons. The lowest BCUT2D eigenvalue weighted by molar-refractivity contribution is -0.161. The van der Waals surface area contributed by atoms with E-state index < -0.39 is 97.5 Å². The van der Waals surface area contributed by atoms with Crippen LogP contribution in [0.3, 0.4) is 0 Å². The van der Waals surface area contributed by atoms with Crippen molar-refractivity contribution in [2.24, 2.45) is 17.8 Å². The zero-order valence-electron chi connectivity index (χ0n) is 62.3. The molecule has 19 heteroatoms. The van der Waals surface area contributed by atoms with Crippen molar-refractivity contribution in [3.63, 3.8) is 0 Å². The number of carbonyl (C=O) groups is 4. The molecular formula is C77H146O17P2. The van der Waals surface area contributed by atoms with Crippen molar-refractivity contribution in [3.05, 3.63) is 24.3 Å². The second-order valence-electron chi connectivity index (χ2n) is 28.3. The number of phosphoric acid groups is 2. The van der Waals surface area contributed by atoms with Crippen LogP contribution in [0.15, 0.2) is 24.3 Å². The number of rotatable bonds is 73. The Balaban J connectivity index is 5.29. The molecule has 0 rings (SSSR count). The van der Waals surface area contributed by atoms with E-state index in [-0.39, 0.29) is 25.7 Å². The highest BCUT2D eigenvalue weighted by Crippen LogP contribution is 2.45. The van der Waals surface area contributed by atoms with E-state index in [1.54, 1.807) is 0 Å². The summed E-state index contributed by atoms with van der Waals surface area (Å²) in [6.07, 6.45) is 56.3. The smallest absolute Gasteiger partial charge is 0.462 e. The molecule has 0 spiro atoms. The molecule has 0 aliphatic rings. The highest BCUT2D eigenvalue weighted by Gasteiger charge is 2.30. The molecule has 0 saturated heterocycles. The number of aliphatic hydroxyl groups excluding tert-OH is 1. The lowest BCUT2D eigenvalue weighted by Gasteiger charge is -2.21. The molecule has 6 atom stereocenters. The molecule has 0 bridgehead atoms. The van der Waals surface area contributed by atoms with Crippen LogP contribution in [0.1, 0.15) is 370 Å². The first-order chi connectivity index (χ1) is 46.3. The van der Waals surface area contributed by atoms with Gasteiger partial charge in [0.2, 0.25) is 0 Å². The largest absolute Gasteiger partial charge is 0.472 e. The quantitative estimate of drug-likeness (QED) is 0.0169. The van der Waals surface area contributed by atoms with Crippen LogP contribution in [0, 0.1) is 17.8 Å². The second-order valence-corrected chi connectivity index (χ2v) is 31.2. The maximum atomic E-state index is 13.1. The number of unbranched alkanes of at least 4 members (excludes halogenated alkanes) is 37. The third-order valence-electron chi connectivity index (χ3n) is 17.6. The van der Waals surface area contributed by atoms with Gasteiger partial charge in [-0.1, -0.05) is 317 Å². The van der Waals surface area contributed by atoms with Gasteiger partial charge >= 0.3 is 39.5 Å². The van der Waals surface area contributed by atoms with E-state index in [1.165, 1.54) is 154 Å². The topological polar surface area (TPSA) is 237 Å². The van der Waals surface area contributed by atoms with E-state index >= 15 is 0 Å². The highest BCUT2D eigenvalue weighted by molar-refractivity contribution is 7.47. The van der Waals surface area contributed by atoms with Crippen LogP contribution in [0.4, 0.5) is 0 Å². The molecule has 0 aromatic rings. The molecule has 3 N–H and O–H groups in total. The van der Waals surface area contributed by atoms with Crippen molar-refractivity contribution < 1.29 is 80.2 Å². The Morgan fingerprint density at radius 3 is 0.927 bits per heavy atom. The minimum absolute atomic E-state index is 0.0999. The number of esters is 4. The van der Waals surface area contributed by atoms with Gasteiger partial charge in [0, 0.05) is 25.7 Å². The van der Waals surface area contributed by atoms with Crippen LogP contribution in [-0.4, -0.2) is 96.7 Å². The maximum absolute atomic E-state index is 13.1. The Hall–Kier alpha value is -2.46. The summed E-state index contributed by atoms with van der Waals surface area (Å²) in [5, 5.41) is 10.6. The predicted octanol–water partition coefficient (Wildman–Crippen LogP) is 22.1. The summed E-state index contributed by atoms with van der Waals surface area (Å²) in [5.41, 5.74) is 0. The van der Waals surface area contributed by atoms with E-state index in [1.807, 2.05) is 0 Å². The molecule has 0 radical (unpaired) electrons. The summed E-state index contributed by atoms with van der Waals surface area (Å²) in [4.78, 5) is 72.8. The average Bonchev–Trinajstić information content (AvgIpc) is 1.52. The van der Waals surface area contributed by atoms with Gasteiger partial charge in [0.1, 0.15) is 19.3 Å². The molecule has 0 amide bonds. The van der Waals surface area contributed by atoms with Gasteiger partial charge in [-0.25, -0.2) is 9.13 Å². The minimum Gasteiger partial charge on any atom is -0.462 e. The molecule has 17 nitrogen and oxygen atoms in total. The summed E-state index contributed by atoms with van der Waals surface area (Å²) in [6.45, 7) is 11.8. The number of allylic oxidation sites excluding steroid dienone is 4. The maximum Gasteiger partial charge on any atom is 0.472 e. The van der Waals surface area contributed by atoms with Crippen molar-refractivity contribution in [2.45, 2.75) is 388 Å². The highest BCUT2D eigenvalue weighted by atomic mass is 31.2. The fraction of sp³-hybridized carbons (Fsp3) is 0.896. The van der Waals surface area contributed by atoms with Crippen molar-refractivity contribution in [3.8, 4) is 0 Å². The summed E-state index contributed by atoms with van der Waals surface area (Å²) in [5.74, 6) is 0.141. The lowest BCUT2D eigenvalue weighted by Crippen LogP contribution is -2.30. The third kappa shape index (κ3) is 68.7. The van der Waals surface area contributed by atoms with Crippen LogP contribution in [-0.2, 0) is 65.4 Å². The Bertz CT molecular complexity index is 1970. The number of hydrogen-bond acceptors (Lipinski definition) is 15. The summed E-state index contributed by atoms with van der Waals surface area (Å²) >= 11 is 0. The normalized spacial score (nSPS) is 14.5. The molecule has 0 aromatic heterocycles. The Morgan fingerprint density at radius 1 is 0.344 bits per heavy atom. The Labute approximate surface area is 586 Å². The second kappa shape index (κ2) is 67.1. The van der Waals surface area contributed by atoms with Crippen LogP contribution in [0.5, 0.6) is 0 Å². The number of carbonyl (C=O) groups excluding carboxylic acids is 4. The monoisotopic (exact) mass is 1410 g/mol. The van der Waals surface area contributed by atoms with E-state index in [2.05, 4.69) is 72.8 Å². The van der Waals surface area contributed by atoms with Gasteiger partial charge in [0.05, 0.1) is 26.4 Å². The molecule has 0 fully saturated rings. The SMILES string of the molecule is CCCCCC/C=C\C=C/CCCCCCCC(=O)OC[C@H](COP(=O)(O)OC[C@@H](O)COP(=O)(O)OC[C@@H](COC(=O)CCCCCCCCC(C)CC)OC(=O)CCCCCCCCCCCCCCC(C)C)OC(=O)CCCCCCCCCCCCCCCC(C)C. The fourth-order valence-corrected chi connectivity index (χ4v) is 12.8. The number of hydrogen-bond donors (Lipinski definition) is 3. The molecule has 96 heavy (non-hydrogen) atoms. The van der Waals surface area contributed by atoms with Gasteiger partial charge in [0.25, 0.3) is 0 Å². The van der Waals surface area contributed by atoms with Crippen LogP contribution < -0.4 is 0 Å². The molecule has 0 aromatic carbocycles. The lowest BCUT2D eigenvalue weighted by atomic mass is 10.00. The standard InChI is InChI=1S/C77H146O17P2/c1-8-10-11-12-13-14-15-16-17-20-26-31-36-44-51-58-74(79)87-64-72(93-76(81)60-53-46-37-32-27-21-18-19-24-29-34-41-48-55-68(3)4)66-91-95(83,84)89-62-71(78)63-90-96(85,86)92-67-73(65-88-75(80)59-52-45-40-39-43-50-57-70(7)9-2)94-77(82)61-54-47-38-33-28-23-22-25-30-35-42-49-56-69(5)6/h14-17,68-73,78H,8-13,18-67H2,1-7H3,(H,83,84)(H,85,86)/b15-14-,17-16-/t70?,71-,72-,73-/m1/s1. The summed E-state index contributed by atoms with van der Waals surface area (Å²) < 4.78 is 68.5. The van der Waals surface area contributed by atoms with E-state index in [4.69, 9.17) is 37.0 Å². The molecule has 3 unspecified atom stereocenters. The first-order valence-electron chi connectivity index (χ1n) is 39.2. The van der Waals surface area contributed by atoms with Crippen LogP contribution >= 0.6 is 15.6 Å². The first-order valence-corrected chi connectivity index (χ1v) is 42.2. The minimum atomic E-state index is -4.97. The van der Waals surface area contributed by atoms with Crippen molar-refractivity contribution >= 4 is 39.5 Å². The number of ether oxygens (including phenoxy) is 4. The van der Waals surface area contributed by atoms with Crippen LogP contribution in [0.25, 0.3) is 0 Å². The molecular weight excluding hydrogens is 1260 g/mol. The van der Waals surface area contributed by atoms with Crippen LogP contribution in [0.2, 0.25) is 0 Å². The van der Waals surface area contributed by atoms with Crippen molar-refractivity contribution in [2.75, 3.05) is 39.6 Å². The number of phosphoric ester groups is 2. The van der Waals surface area contributed by atoms with Gasteiger partial charge in [-0.15, -0.1) is 0 Å². The molecule has 0 aliphatic carbocycles. The van der Waals surface area contributed by atoms with Gasteiger partial charge in [-0.2, -0.15) is 0 Å². The van der Waals surface area contributed by atoms with Crippen molar-refractivity contribution in [1.29, 1.82) is 0 Å². The molecule has 0 aliphatic heterocycles. The van der Waals surface area contributed by atoms with Gasteiger partial charge in [0.15, 0.2) is 12.2 Å². The fourth-order valence-electron chi connectivity index (χ4n) is 11.2. The first kappa shape index (κ1) is 93.5. The van der Waals surface area contributed by atoms with Gasteiger partial charge in [-0.3, -0.25) is 37.3 Å².